The van der Waals surface area contributed by atoms with E-state index in [0.717, 1.165) is 44.1 Å². The molecule has 0 aliphatic carbocycles. The molecule has 1 aliphatic rings. The standard InChI is InChI=1S/C13H24N4O/c1-2-8-17-12(15-16-13(17)10-14)7-6-11-5-3-4-9-18-11/h11H,2-10,14H2,1H3. The number of hydrogen-bond acceptors (Lipinski definition) is 4. The minimum atomic E-state index is 0.409. The Morgan fingerprint density at radius 2 is 2.17 bits per heavy atom. The van der Waals surface area contributed by atoms with Gasteiger partial charge in [0.2, 0.25) is 0 Å². The van der Waals surface area contributed by atoms with E-state index in [4.69, 9.17) is 10.5 Å². The minimum Gasteiger partial charge on any atom is -0.378 e. The third kappa shape index (κ3) is 3.29. The highest BCUT2D eigenvalue weighted by Crippen LogP contribution is 2.17. The maximum absolute atomic E-state index is 5.75. The van der Waals surface area contributed by atoms with Crippen LogP contribution >= 0.6 is 0 Å². The van der Waals surface area contributed by atoms with E-state index < -0.39 is 0 Å². The molecule has 0 saturated carbocycles. The van der Waals surface area contributed by atoms with Crippen LogP contribution in [0.4, 0.5) is 0 Å². The van der Waals surface area contributed by atoms with Crippen molar-refractivity contribution >= 4 is 0 Å². The van der Waals surface area contributed by atoms with Crippen LogP contribution in [-0.2, 0) is 24.2 Å². The van der Waals surface area contributed by atoms with Gasteiger partial charge < -0.3 is 15.0 Å². The lowest BCUT2D eigenvalue weighted by Crippen LogP contribution is -2.20. The highest BCUT2D eigenvalue weighted by molar-refractivity contribution is 4.96. The highest BCUT2D eigenvalue weighted by Gasteiger charge is 2.16. The van der Waals surface area contributed by atoms with Gasteiger partial charge in [-0.05, 0) is 32.1 Å². The fourth-order valence-electron chi connectivity index (χ4n) is 2.52. The molecule has 2 N–H and O–H groups in total. The quantitative estimate of drug-likeness (QED) is 0.836. The molecule has 1 saturated heterocycles. The van der Waals surface area contributed by atoms with Crippen LogP contribution in [0.1, 0.15) is 50.7 Å². The van der Waals surface area contributed by atoms with E-state index in [1.165, 1.54) is 19.3 Å². The number of nitrogens with zero attached hydrogens (tertiary/aromatic N) is 3. The van der Waals surface area contributed by atoms with Crippen LogP contribution < -0.4 is 5.73 Å². The Balaban J connectivity index is 1.93. The molecule has 1 unspecified atom stereocenters. The third-order valence-corrected chi connectivity index (χ3v) is 3.50. The molecule has 0 radical (unpaired) electrons. The molecule has 5 heteroatoms. The van der Waals surface area contributed by atoms with Gasteiger partial charge in [-0.2, -0.15) is 0 Å². The lowest BCUT2D eigenvalue weighted by atomic mass is 10.0. The molecule has 1 aromatic rings. The number of hydrogen-bond donors (Lipinski definition) is 1. The Morgan fingerprint density at radius 3 is 2.83 bits per heavy atom. The molecular weight excluding hydrogens is 228 g/mol. The van der Waals surface area contributed by atoms with Crippen molar-refractivity contribution in [3.05, 3.63) is 11.6 Å². The lowest BCUT2D eigenvalue weighted by molar-refractivity contribution is 0.0111. The van der Waals surface area contributed by atoms with Gasteiger partial charge in [0.25, 0.3) is 0 Å². The first-order valence-corrected chi connectivity index (χ1v) is 7.07. The van der Waals surface area contributed by atoms with Crippen LogP contribution in [0.2, 0.25) is 0 Å². The van der Waals surface area contributed by atoms with Gasteiger partial charge in [0.05, 0.1) is 12.6 Å². The molecule has 1 aliphatic heterocycles. The van der Waals surface area contributed by atoms with Gasteiger partial charge in [-0.1, -0.05) is 6.92 Å². The maximum atomic E-state index is 5.75. The van der Waals surface area contributed by atoms with Crippen LogP contribution in [0.5, 0.6) is 0 Å². The molecule has 0 aromatic carbocycles. The van der Waals surface area contributed by atoms with Crippen LogP contribution in [0.25, 0.3) is 0 Å². The third-order valence-electron chi connectivity index (χ3n) is 3.50. The Morgan fingerprint density at radius 1 is 1.33 bits per heavy atom. The predicted molar refractivity (Wildman–Crippen MR) is 70.1 cm³/mol. The molecule has 102 valence electrons. The van der Waals surface area contributed by atoms with Crippen molar-refractivity contribution in [2.75, 3.05) is 6.61 Å². The number of aromatic nitrogens is 3. The van der Waals surface area contributed by atoms with Crippen LogP contribution in [0.3, 0.4) is 0 Å². The summed E-state index contributed by atoms with van der Waals surface area (Å²) in [6.07, 6.45) is 7.17. The predicted octanol–water partition coefficient (Wildman–Crippen LogP) is 1.65. The Bertz CT molecular complexity index is 358. The van der Waals surface area contributed by atoms with Gasteiger partial charge in [0.1, 0.15) is 11.6 Å². The monoisotopic (exact) mass is 252 g/mol. The second kappa shape index (κ2) is 6.85. The van der Waals surface area contributed by atoms with Gasteiger partial charge in [-0.25, -0.2) is 0 Å². The highest BCUT2D eigenvalue weighted by atomic mass is 16.5. The van der Waals surface area contributed by atoms with Crippen molar-refractivity contribution < 1.29 is 4.74 Å². The van der Waals surface area contributed by atoms with Gasteiger partial charge >= 0.3 is 0 Å². The van der Waals surface area contributed by atoms with Crippen LogP contribution in [0.15, 0.2) is 0 Å². The van der Waals surface area contributed by atoms with Crippen molar-refractivity contribution in [2.45, 2.75) is 64.6 Å². The Hall–Kier alpha value is -0.940. The Labute approximate surface area is 109 Å². The maximum Gasteiger partial charge on any atom is 0.146 e. The van der Waals surface area contributed by atoms with Crippen molar-refractivity contribution in [3.8, 4) is 0 Å². The summed E-state index contributed by atoms with van der Waals surface area (Å²) >= 11 is 0. The number of nitrogens with two attached hydrogens (primary N) is 1. The van der Waals surface area contributed by atoms with Crippen LogP contribution in [0, 0.1) is 0 Å². The van der Waals surface area contributed by atoms with Crippen molar-refractivity contribution in [1.82, 2.24) is 14.8 Å². The fourth-order valence-corrected chi connectivity index (χ4v) is 2.52. The smallest absolute Gasteiger partial charge is 0.146 e. The zero-order chi connectivity index (χ0) is 12.8. The van der Waals surface area contributed by atoms with Crippen LogP contribution in [-0.4, -0.2) is 27.5 Å². The lowest BCUT2D eigenvalue weighted by Gasteiger charge is -2.22. The molecule has 1 atom stereocenters. The van der Waals surface area contributed by atoms with Gasteiger partial charge in [-0.15, -0.1) is 10.2 Å². The van der Waals surface area contributed by atoms with E-state index in [1.807, 2.05) is 0 Å². The van der Waals surface area contributed by atoms with E-state index in [0.29, 0.717) is 12.6 Å². The first kappa shape index (κ1) is 13.5. The number of aryl methyl sites for hydroxylation is 1. The SMILES string of the molecule is CCCn1c(CN)nnc1CCC1CCCCO1. The van der Waals surface area contributed by atoms with E-state index in [1.54, 1.807) is 0 Å². The fraction of sp³-hybridized carbons (Fsp3) is 0.846. The molecule has 0 bridgehead atoms. The average Bonchev–Trinajstić information content (AvgIpc) is 2.80. The van der Waals surface area contributed by atoms with Gasteiger partial charge in [0, 0.05) is 19.6 Å². The van der Waals surface area contributed by atoms with Gasteiger partial charge in [0.15, 0.2) is 0 Å². The average molecular weight is 252 g/mol. The summed E-state index contributed by atoms with van der Waals surface area (Å²) in [5.74, 6) is 1.96. The number of ether oxygens (including phenoxy) is 1. The van der Waals surface area contributed by atoms with Crippen molar-refractivity contribution in [1.29, 1.82) is 0 Å². The molecular formula is C13H24N4O. The van der Waals surface area contributed by atoms with Crippen molar-refractivity contribution in [2.24, 2.45) is 5.73 Å². The molecule has 1 fully saturated rings. The molecule has 2 heterocycles. The first-order chi connectivity index (χ1) is 8.85. The second-order valence-corrected chi connectivity index (χ2v) is 4.92. The van der Waals surface area contributed by atoms with E-state index in [-0.39, 0.29) is 0 Å². The first-order valence-electron chi connectivity index (χ1n) is 7.07. The summed E-state index contributed by atoms with van der Waals surface area (Å²) in [7, 11) is 0. The zero-order valence-corrected chi connectivity index (χ0v) is 11.3. The zero-order valence-electron chi connectivity index (χ0n) is 11.3. The molecule has 2 rings (SSSR count). The Kier molecular flexibility index (Phi) is 5.13. The largest absolute Gasteiger partial charge is 0.378 e. The summed E-state index contributed by atoms with van der Waals surface area (Å²) in [4.78, 5) is 0. The second-order valence-electron chi connectivity index (χ2n) is 4.92. The summed E-state index contributed by atoms with van der Waals surface area (Å²) in [5, 5.41) is 8.43. The van der Waals surface area contributed by atoms with Crippen molar-refractivity contribution in [3.63, 3.8) is 0 Å². The molecule has 0 spiro atoms. The molecule has 0 amide bonds. The van der Waals surface area contributed by atoms with E-state index >= 15 is 0 Å². The van der Waals surface area contributed by atoms with Gasteiger partial charge in [-0.3, -0.25) is 0 Å². The summed E-state index contributed by atoms with van der Waals surface area (Å²) in [5.41, 5.74) is 5.69. The summed E-state index contributed by atoms with van der Waals surface area (Å²) in [6.45, 7) is 4.50. The topological polar surface area (TPSA) is 66.0 Å². The number of rotatable bonds is 6. The minimum absolute atomic E-state index is 0.409. The summed E-state index contributed by atoms with van der Waals surface area (Å²) < 4.78 is 7.92. The molecule has 1 aromatic heterocycles. The normalized spacial score (nSPS) is 20.2. The summed E-state index contributed by atoms with van der Waals surface area (Å²) in [6, 6.07) is 0. The van der Waals surface area contributed by atoms with E-state index in [9.17, 15) is 0 Å². The van der Waals surface area contributed by atoms with E-state index in [2.05, 4.69) is 21.7 Å². The molecule has 18 heavy (non-hydrogen) atoms. The molecule has 5 nitrogen and oxygen atoms in total.